The standard InChI is InChI=1S/C17H21N3O3/c21-17(22)16-15(23-14-7-3-1-4-8-14)13-18-20(16)12-11-19-9-5-2-6-10-19/h1,3-4,7-8,13H,2,5-6,9-12H2,(H,21,22). The lowest BCUT2D eigenvalue weighted by molar-refractivity contribution is 0.0679. The quantitative estimate of drug-likeness (QED) is 0.888. The van der Waals surface area contributed by atoms with Crippen molar-refractivity contribution >= 4 is 5.97 Å². The Morgan fingerprint density at radius 1 is 1.13 bits per heavy atom. The Morgan fingerprint density at radius 3 is 2.57 bits per heavy atom. The van der Waals surface area contributed by atoms with Gasteiger partial charge in [0, 0.05) is 6.54 Å². The van der Waals surface area contributed by atoms with Crippen LogP contribution < -0.4 is 4.74 Å². The highest BCUT2D eigenvalue weighted by molar-refractivity contribution is 5.88. The van der Waals surface area contributed by atoms with Crippen molar-refractivity contribution in [3.63, 3.8) is 0 Å². The second kappa shape index (κ2) is 7.28. The van der Waals surface area contributed by atoms with Crippen molar-refractivity contribution in [2.24, 2.45) is 0 Å². The van der Waals surface area contributed by atoms with Crippen molar-refractivity contribution in [2.45, 2.75) is 25.8 Å². The highest BCUT2D eigenvalue weighted by atomic mass is 16.5. The molecule has 1 saturated heterocycles. The molecule has 2 heterocycles. The number of rotatable bonds is 6. The first-order valence-electron chi connectivity index (χ1n) is 7.98. The number of piperidine rings is 1. The van der Waals surface area contributed by atoms with Crippen LogP contribution in [0.25, 0.3) is 0 Å². The van der Waals surface area contributed by atoms with E-state index in [0.717, 1.165) is 19.6 Å². The van der Waals surface area contributed by atoms with Crippen molar-refractivity contribution in [2.75, 3.05) is 19.6 Å². The van der Waals surface area contributed by atoms with Gasteiger partial charge in [0.25, 0.3) is 0 Å². The molecule has 1 aliphatic heterocycles. The van der Waals surface area contributed by atoms with Crippen LogP contribution in [0.15, 0.2) is 36.5 Å². The molecule has 6 heteroatoms. The fourth-order valence-electron chi connectivity index (χ4n) is 2.86. The number of benzene rings is 1. The molecule has 23 heavy (non-hydrogen) atoms. The molecule has 122 valence electrons. The zero-order valence-electron chi connectivity index (χ0n) is 13.0. The second-order valence-corrected chi connectivity index (χ2v) is 5.70. The SMILES string of the molecule is O=C(O)c1c(Oc2ccccc2)cnn1CCN1CCCCC1. The molecule has 0 atom stereocenters. The number of carboxylic acid groups (broad SMARTS) is 1. The summed E-state index contributed by atoms with van der Waals surface area (Å²) in [5, 5.41) is 13.7. The molecule has 2 aromatic rings. The largest absolute Gasteiger partial charge is 0.476 e. The summed E-state index contributed by atoms with van der Waals surface area (Å²) in [5.41, 5.74) is 0.103. The number of aromatic carboxylic acids is 1. The number of carboxylic acids is 1. The maximum atomic E-state index is 11.6. The average molecular weight is 315 g/mol. The molecule has 1 fully saturated rings. The lowest BCUT2D eigenvalue weighted by Crippen LogP contribution is -2.33. The Hall–Kier alpha value is -2.34. The van der Waals surface area contributed by atoms with E-state index in [4.69, 9.17) is 4.74 Å². The summed E-state index contributed by atoms with van der Waals surface area (Å²) in [6.45, 7) is 3.53. The third-order valence-electron chi connectivity index (χ3n) is 4.06. The molecule has 0 unspecified atom stereocenters. The summed E-state index contributed by atoms with van der Waals surface area (Å²) in [6.07, 6.45) is 5.20. The number of hydrogen-bond donors (Lipinski definition) is 1. The van der Waals surface area contributed by atoms with Crippen molar-refractivity contribution in [3.05, 3.63) is 42.2 Å². The van der Waals surface area contributed by atoms with E-state index in [1.807, 2.05) is 18.2 Å². The van der Waals surface area contributed by atoms with Crippen LogP contribution in [0.1, 0.15) is 29.8 Å². The zero-order valence-corrected chi connectivity index (χ0v) is 13.0. The van der Waals surface area contributed by atoms with Crippen molar-refractivity contribution in [1.29, 1.82) is 0 Å². The van der Waals surface area contributed by atoms with Gasteiger partial charge in [-0.05, 0) is 38.1 Å². The molecule has 0 bridgehead atoms. The lowest BCUT2D eigenvalue weighted by Gasteiger charge is -2.26. The summed E-state index contributed by atoms with van der Waals surface area (Å²) >= 11 is 0. The summed E-state index contributed by atoms with van der Waals surface area (Å²) in [4.78, 5) is 13.9. The van der Waals surface area contributed by atoms with Crippen LogP contribution in [-0.2, 0) is 6.54 Å². The molecule has 1 N–H and O–H groups in total. The first kappa shape index (κ1) is 15.6. The maximum Gasteiger partial charge on any atom is 0.358 e. The monoisotopic (exact) mass is 315 g/mol. The normalized spacial score (nSPS) is 15.5. The number of nitrogens with zero attached hydrogens (tertiary/aromatic N) is 3. The molecule has 1 aromatic heterocycles. The van der Waals surface area contributed by atoms with Crippen LogP contribution in [0.3, 0.4) is 0 Å². The van der Waals surface area contributed by atoms with Gasteiger partial charge in [-0.3, -0.25) is 4.68 Å². The minimum absolute atomic E-state index is 0.103. The van der Waals surface area contributed by atoms with Crippen LogP contribution in [0.4, 0.5) is 0 Å². The number of hydrogen-bond acceptors (Lipinski definition) is 4. The first-order chi connectivity index (χ1) is 11.2. The summed E-state index contributed by atoms with van der Waals surface area (Å²) < 4.78 is 7.19. The van der Waals surface area contributed by atoms with E-state index in [9.17, 15) is 9.90 Å². The first-order valence-corrected chi connectivity index (χ1v) is 7.98. The highest BCUT2D eigenvalue weighted by Gasteiger charge is 2.20. The maximum absolute atomic E-state index is 11.6. The zero-order chi connectivity index (χ0) is 16.1. The predicted octanol–water partition coefficient (Wildman–Crippen LogP) is 2.86. The Morgan fingerprint density at radius 2 is 1.87 bits per heavy atom. The van der Waals surface area contributed by atoms with Gasteiger partial charge in [-0.1, -0.05) is 24.6 Å². The molecule has 1 aromatic carbocycles. The van der Waals surface area contributed by atoms with Gasteiger partial charge in [-0.15, -0.1) is 0 Å². The fraction of sp³-hybridized carbons (Fsp3) is 0.412. The molecule has 0 spiro atoms. The van der Waals surface area contributed by atoms with E-state index in [-0.39, 0.29) is 11.4 Å². The third-order valence-corrected chi connectivity index (χ3v) is 4.06. The molecule has 0 saturated carbocycles. The van der Waals surface area contributed by atoms with E-state index in [2.05, 4.69) is 10.00 Å². The van der Waals surface area contributed by atoms with Gasteiger partial charge in [0.05, 0.1) is 12.7 Å². The van der Waals surface area contributed by atoms with Crippen molar-refractivity contribution < 1.29 is 14.6 Å². The minimum Gasteiger partial charge on any atom is -0.476 e. The minimum atomic E-state index is -1.02. The van der Waals surface area contributed by atoms with Gasteiger partial charge in [0.2, 0.25) is 0 Å². The van der Waals surface area contributed by atoms with Crippen LogP contribution >= 0.6 is 0 Å². The van der Waals surface area contributed by atoms with Gasteiger partial charge in [-0.2, -0.15) is 5.10 Å². The Labute approximate surface area is 135 Å². The number of ether oxygens (including phenoxy) is 1. The second-order valence-electron chi connectivity index (χ2n) is 5.70. The van der Waals surface area contributed by atoms with Crippen LogP contribution in [0, 0.1) is 0 Å². The van der Waals surface area contributed by atoms with E-state index < -0.39 is 5.97 Å². The smallest absolute Gasteiger partial charge is 0.358 e. The van der Waals surface area contributed by atoms with E-state index in [1.54, 1.807) is 12.1 Å². The Kier molecular flexibility index (Phi) is 4.92. The summed E-state index contributed by atoms with van der Waals surface area (Å²) in [7, 11) is 0. The molecular weight excluding hydrogens is 294 g/mol. The molecular formula is C17H21N3O3. The van der Waals surface area contributed by atoms with Gasteiger partial charge in [0.1, 0.15) is 5.75 Å². The molecule has 0 aliphatic carbocycles. The predicted molar refractivity (Wildman–Crippen MR) is 86.0 cm³/mol. The number of carbonyl (C=O) groups is 1. The van der Waals surface area contributed by atoms with E-state index in [0.29, 0.717) is 12.3 Å². The number of likely N-dealkylation sites (tertiary alicyclic amines) is 1. The third kappa shape index (κ3) is 3.90. The molecule has 0 amide bonds. The molecule has 3 rings (SSSR count). The highest BCUT2D eigenvalue weighted by Crippen LogP contribution is 2.25. The van der Waals surface area contributed by atoms with Crippen molar-refractivity contribution in [3.8, 4) is 11.5 Å². The van der Waals surface area contributed by atoms with Gasteiger partial charge in [0.15, 0.2) is 11.4 Å². The molecule has 1 aliphatic rings. The lowest BCUT2D eigenvalue weighted by atomic mass is 10.1. The van der Waals surface area contributed by atoms with Gasteiger partial charge >= 0.3 is 5.97 Å². The van der Waals surface area contributed by atoms with E-state index in [1.165, 1.54) is 30.1 Å². The fourth-order valence-corrected chi connectivity index (χ4v) is 2.86. The molecule has 6 nitrogen and oxygen atoms in total. The average Bonchev–Trinajstić information content (AvgIpc) is 2.98. The Bertz CT molecular complexity index is 648. The summed E-state index contributed by atoms with van der Waals surface area (Å²) in [5.74, 6) is -0.139. The topological polar surface area (TPSA) is 67.6 Å². The van der Waals surface area contributed by atoms with Gasteiger partial charge < -0.3 is 14.7 Å². The van der Waals surface area contributed by atoms with Crippen LogP contribution in [0.5, 0.6) is 11.5 Å². The molecule has 0 radical (unpaired) electrons. The van der Waals surface area contributed by atoms with Gasteiger partial charge in [-0.25, -0.2) is 4.79 Å². The number of para-hydroxylation sites is 1. The van der Waals surface area contributed by atoms with Crippen LogP contribution in [0.2, 0.25) is 0 Å². The summed E-state index contributed by atoms with van der Waals surface area (Å²) in [6, 6.07) is 9.15. The Balaban J connectivity index is 1.71. The van der Waals surface area contributed by atoms with E-state index >= 15 is 0 Å². The number of aromatic nitrogens is 2. The van der Waals surface area contributed by atoms with Crippen molar-refractivity contribution in [1.82, 2.24) is 14.7 Å². The van der Waals surface area contributed by atoms with Crippen LogP contribution in [-0.4, -0.2) is 45.4 Å².